The van der Waals surface area contributed by atoms with Gasteiger partial charge in [0.05, 0.1) is 26.1 Å². The Bertz CT molecular complexity index is 872. The van der Waals surface area contributed by atoms with Crippen LogP contribution in [0.3, 0.4) is 0 Å². The minimum Gasteiger partial charge on any atom is -0.478 e. The fourth-order valence-electron chi connectivity index (χ4n) is 2.21. The molecule has 0 amide bonds. The molecule has 0 atom stereocenters. The van der Waals surface area contributed by atoms with E-state index in [1.54, 1.807) is 11.6 Å². The van der Waals surface area contributed by atoms with Crippen LogP contribution in [0, 0.1) is 0 Å². The van der Waals surface area contributed by atoms with Gasteiger partial charge in [-0.1, -0.05) is 6.58 Å². The van der Waals surface area contributed by atoms with Crippen LogP contribution in [-0.4, -0.2) is 49.3 Å². The Hall–Kier alpha value is -2.72. The first-order chi connectivity index (χ1) is 11.4. The minimum absolute atomic E-state index is 0.367. The van der Waals surface area contributed by atoms with Crippen molar-refractivity contribution >= 4 is 17.1 Å². The zero-order chi connectivity index (χ0) is 17.9. The lowest BCUT2D eigenvalue weighted by molar-refractivity contribution is -0.131. The van der Waals surface area contributed by atoms with E-state index in [4.69, 9.17) is 14.6 Å². The molecule has 10 heteroatoms. The highest BCUT2D eigenvalue weighted by atomic mass is 16.7. The molecular weight excluding hydrogens is 320 g/mol. The van der Waals surface area contributed by atoms with Crippen LogP contribution in [0.4, 0.5) is 0 Å². The van der Waals surface area contributed by atoms with Crippen LogP contribution in [0.1, 0.15) is 0 Å². The van der Waals surface area contributed by atoms with Crippen molar-refractivity contribution in [3.63, 3.8) is 0 Å². The number of ether oxygens (including phenoxy) is 2. The molecule has 0 aliphatic carbocycles. The Kier molecular flexibility index (Phi) is 5.31. The third-order valence-electron chi connectivity index (χ3n) is 3.43. The summed E-state index contributed by atoms with van der Waals surface area (Å²) in [5, 5.41) is 7.60. The molecule has 10 nitrogen and oxygen atoms in total. The summed E-state index contributed by atoms with van der Waals surface area (Å²) in [4.78, 5) is 37.3. The molecule has 130 valence electrons. The third-order valence-corrected chi connectivity index (χ3v) is 3.43. The molecule has 1 aliphatic rings. The second-order valence-corrected chi connectivity index (χ2v) is 4.99. The average Bonchev–Trinajstić information content (AvgIpc) is 3.22. The van der Waals surface area contributed by atoms with Crippen molar-refractivity contribution < 1.29 is 19.4 Å². The van der Waals surface area contributed by atoms with Gasteiger partial charge in [0.2, 0.25) is 0 Å². The summed E-state index contributed by atoms with van der Waals surface area (Å²) in [6.45, 7) is 4.44. The lowest BCUT2D eigenvalue weighted by atomic mass is 10.5. The first-order valence-corrected chi connectivity index (χ1v) is 7.06. The van der Waals surface area contributed by atoms with Crippen LogP contribution in [0.15, 0.2) is 28.6 Å². The Morgan fingerprint density at radius 2 is 1.96 bits per heavy atom. The number of aliphatic carboxylic acids is 1. The molecule has 24 heavy (non-hydrogen) atoms. The van der Waals surface area contributed by atoms with E-state index in [0.29, 0.717) is 30.9 Å². The van der Waals surface area contributed by atoms with Crippen LogP contribution in [0.2, 0.25) is 0 Å². The largest absolute Gasteiger partial charge is 0.478 e. The van der Waals surface area contributed by atoms with Gasteiger partial charge in [-0.2, -0.15) is 0 Å². The van der Waals surface area contributed by atoms with Gasteiger partial charge in [-0.25, -0.2) is 14.6 Å². The third kappa shape index (κ3) is 3.44. The zero-order valence-corrected chi connectivity index (χ0v) is 13.3. The number of hydrogen-bond donors (Lipinski definition) is 1. The topological polar surface area (TPSA) is 118 Å². The number of imidazole rings is 1. The maximum Gasteiger partial charge on any atom is 0.332 e. The smallest absolute Gasteiger partial charge is 0.332 e. The van der Waals surface area contributed by atoms with Crippen molar-refractivity contribution in [2.24, 2.45) is 14.1 Å². The quantitative estimate of drug-likeness (QED) is 0.718. The van der Waals surface area contributed by atoms with Crippen molar-refractivity contribution in [3.05, 3.63) is 39.8 Å². The van der Waals surface area contributed by atoms with Gasteiger partial charge in [-0.3, -0.25) is 13.9 Å². The molecule has 3 rings (SSSR count). The number of aromatic nitrogens is 4. The summed E-state index contributed by atoms with van der Waals surface area (Å²) < 4.78 is 14.8. The Labute approximate surface area is 136 Å². The second-order valence-electron chi connectivity index (χ2n) is 4.99. The number of aryl methyl sites for hydroxylation is 1. The molecule has 1 N–H and O–H groups in total. The Morgan fingerprint density at radius 3 is 2.50 bits per heavy atom. The summed E-state index contributed by atoms with van der Waals surface area (Å²) in [7, 11) is 3.04. The van der Waals surface area contributed by atoms with E-state index in [0.717, 1.165) is 10.6 Å². The van der Waals surface area contributed by atoms with Gasteiger partial charge >= 0.3 is 11.7 Å². The molecule has 1 aliphatic heterocycles. The highest BCUT2D eigenvalue weighted by Gasteiger charge is 2.20. The number of fused-ring (bicyclic) bond motifs is 1. The number of hydrogen-bond acceptors (Lipinski definition) is 6. The Morgan fingerprint density at radius 1 is 1.38 bits per heavy atom. The molecule has 2 aromatic rings. The number of nitrogens with zero attached hydrogens (tertiary/aromatic N) is 4. The maximum absolute atomic E-state index is 12.2. The van der Waals surface area contributed by atoms with Gasteiger partial charge < -0.3 is 19.1 Å². The standard InChI is InChI=1S/C11H14N4O4.C3H4O2/c1-13-9-8(10(16)14(2)11(13)17)15(6-12-9)5-7-18-3-4-19-7;1-2-3(4)5/h6-7H,3-5H2,1-2H3;2H,1H2,(H,4,5). The second kappa shape index (κ2) is 7.23. The first-order valence-electron chi connectivity index (χ1n) is 7.06. The predicted octanol–water partition coefficient (Wildman–Crippen LogP) is -0.936. The van der Waals surface area contributed by atoms with Gasteiger partial charge in [0.15, 0.2) is 17.5 Å². The van der Waals surface area contributed by atoms with Crippen molar-refractivity contribution in [2.45, 2.75) is 12.8 Å². The molecule has 1 fully saturated rings. The van der Waals surface area contributed by atoms with Crippen molar-refractivity contribution in [3.8, 4) is 0 Å². The van der Waals surface area contributed by atoms with E-state index in [-0.39, 0.29) is 11.8 Å². The molecule has 0 unspecified atom stereocenters. The molecule has 0 aromatic carbocycles. The molecule has 0 radical (unpaired) electrons. The van der Waals surface area contributed by atoms with Crippen LogP contribution in [0.25, 0.3) is 11.2 Å². The SMILES string of the molecule is C=CC(=O)O.Cn1c(=O)c2c(ncn2CC2OCCO2)n(C)c1=O. The molecule has 3 heterocycles. The monoisotopic (exact) mass is 338 g/mol. The van der Waals surface area contributed by atoms with E-state index in [1.165, 1.54) is 17.9 Å². The van der Waals surface area contributed by atoms with E-state index >= 15 is 0 Å². The van der Waals surface area contributed by atoms with E-state index < -0.39 is 11.7 Å². The molecule has 2 aromatic heterocycles. The number of rotatable bonds is 3. The van der Waals surface area contributed by atoms with Gasteiger partial charge in [-0.15, -0.1) is 0 Å². The fraction of sp³-hybridized carbons (Fsp3) is 0.429. The number of carboxylic acids is 1. The van der Waals surface area contributed by atoms with E-state index in [9.17, 15) is 14.4 Å². The summed E-state index contributed by atoms with van der Waals surface area (Å²) >= 11 is 0. The van der Waals surface area contributed by atoms with Crippen LogP contribution in [-0.2, 0) is 34.9 Å². The molecule has 0 bridgehead atoms. The van der Waals surface area contributed by atoms with Gasteiger partial charge in [-0.05, 0) is 0 Å². The molecule has 0 spiro atoms. The lowest BCUT2D eigenvalue weighted by Crippen LogP contribution is -2.37. The van der Waals surface area contributed by atoms with Gasteiger partial charge in [0.25, 0.3) is 5.56 Å². The van der Waals surface area contributed by atoms with Crippen molar-refractivity contribution in [1.82, 2.24) is 18.7 Å². The predicted molar refractivity (Wildman–Crippen MR) is 83.7 cm³/mol. The average molecular weight is 338 g/mol. The minimum atomic E-state index is -0.981. The van der Waals surface area contributed by atoms with E-state index in [1.807, 2.05) is 0 Å². The number of carbonyl (C=O) groups is 1. The molecule has 0 saturated carbocycles. The maximum atomic E-state index is 12.2. The normalized spacial score (nSPS) is 14.4. The zero-order valence-electron chi connectivity index (χ0n) is 13.3. The van der Waals surface area contributed by atoms with Gasteiger partial charge in [0, 0.05) is 20.2 Å². The number of carboxylic acid groups (broad SMARTS) is 1. The summed E-state index contributed by atoms with van der Waals surface area (Å²) in [5.41, 5.74) is -0.0143. The highest BCUT2D eigenvalue weighted by molar-refractivity contribution is 5.78. The summed E-state index contributed by atoms with van der Waals surface area (Å²) in [5.74, 6) is -0.981. The van der Waals surface area contributed by atoms with Gasteiger partial charge in [0.1, 0.15) is 0 Å². The summed E-state index contributed by atoms with van der Waals surface area (Å²) in [6, 6.07) is 0. The van der Waals surface area contributed by atoms with Crippen LogP contribution >= 0.6 is 0 Å². The molecule has 1 saturated heterocycles. The Balaban J connectivity index is 0.000000368. The summed E-state index contributed by atoms with van der Waals surface area (Å²) in [6.07, 6.45) is 1.98. The van der Waals surface area contributed by atoms with E-state index in [2.05, 4.69) is 11.6 Å². The van der Waals surface area contributed by atoms with Crippen molar-refractivity contribution in [1.29, 1.82) is 0 Å². The lowest BCUT2D eigenvalue weighted by Gasteiger charge is -2.10. The van der Waals surface area contributed by atoms with Crippen LogP contribution < -0.4 is 11.2 Å². The fourth-order valence-corrected chi connectivity index (χ4v) is 2.21. The highest BCUT2D eigenvalue weighted by Crippen LogP contribution is 2.11. The van der Waals surface area contributed by atoms with Crippen molar-refractivity contribution in [2.75, 3.05) is 13.2 Å². The molecular formula is C14H18N4O6. The van der Waals surface area contributed by atoms with Crippen LogP contribution in [0.5, 0.6) is 0 Å². The first kappa shape index (κ1) is 17.6.